The van der Waals surface area contributed by atoms with Gasteiger partial charge < -0.3 is 10.0 Å². The fraction of sp³-hybridized carbons (Fsp3) is 0.636. The molecule has 0 unspecified atom stereocenters. The summed E-state index contributed by atoms with van der Waals surface area (Å²) >= 11 is 1.51. The monoisotopic (exact) mass is 243 g/mol. The van der Waals surface area contributed by atoms with E-state index in [4.69, 9.17) is 5.11 Å². The first kappa shape index (κ1) is 13.1. The molecule has 1 rings (SSSR count). The number of hydrogen-bond donors (Lipinski definition) is 1. The Labute approximate surface area is 99.7 Å². The van der Waals surface area contributed by atoms with Gasteiger partial charge in [0.1, 0.15) is 0 Å². The van der Waals surface area contributed by atoms with Gasteiger partial charge in [-0.3, -0.25) is 9.59 Å². The Morgan fingerprint density at radius 1 is 1.56 bits per heavy atom. The molecular formula is C11H17NO3S. The number of piperidine rings is 1. The Morgan fingerprint density at radius 3 is 2.94 bits per heavy atom. The van der Waals surface area contributed by atoms with E-state index >= 15 is 0 Å². The summed E-state index contributed by atoms with van der Waals surface area (Å²) in [6.07, 6.45) is 3.22. The van der Waals surface area contributed by atoms with E-state index in [1.165, 1.54) is 11.8 Å². The first-order valence-corrected chi connectivity index (χ1v) is 6.50. The number of amides is 1. The van der Waals surface area contributed by atoms with E-state index in [2.05, 4.69) is 6.58 Å². The molecule has 1 aliphatic heterocycles. The van der Waals surface area contributed by atoms with Crippen LogP contribution >= 0.6 is 11.8 Å². The van der Waals surface area contributed by atoms with Gasteiger partial charge in [-0.25, -0.2) is 0 Å². The molecule has 1 heterocycles. The van der Waals surface area contributed by atoms with Crippen LogP contribution in [0.25, 0.3) is 0 Å². The summed E-state index contributed by atoms with van der Waals surface area (Å²) < 4.78 is 0. The first-order chi connectivity index (χ1) is 7.65. The van der Waals surface area contributed by atoms with E-state index < -0.39 is 5.97 Å². The van der Waals surface area contributed by atoms with Gasteiger partial charge in [0, 0.05) is 18.8 Å². The minimum Gasteiger partial charge on any atom is -0.481 e. The molecule has 0 saturated carbocycles. The molecule has 0 radical (unpaired) electrons. The van der Waals surface area contributed by atoms with E-state index in [1.54, 1.807) is 11.0 Å². The van der Waals surface area contributed by atoms with E-state index in [0.717, 1.165) is 12.2 Å². The number of carboxylic acids is 1. The minimum atomic E-state index is -0.795. The van der Waals surface area contributed by atoms with E-state index in [0.29, 0.717) is 25.3 Å². The molecule has 1 aliphatic rings. The van der Waals surface area contributed by atoms with Crippen LogP contribution in [-0.4, -0.2) is 46.5 Å². The Hall–Kier alpha value is -0.970. The van der Waals surface area contributed by atoms with Gasteiger partial charge in [-0.1, -0.05) is 6.08 Å². The van der Waals surface area contributed by atoms with Crippen LogP contribution in [0.15, 0.2) is 12.7 Å². The highest BCUT2D eigenvalue weighted by Gasteiger charge is 2.27. The van der Waals surface area contributed by atoms with Gasteiger partial charge in [-0.2, -0.15) is 0 Å². The molecule has 4 nitrogen and oxygen atoms in total. The maximum absolute atomic E-state index is 11.7. The van der Waals surface area contributed by atoms with Crippen LogP contribution < -0.4 is 0 Å². The Bertz CT molecular complexity index is 280. The largest absolute Gasteiger partial charge is 0.481 e. The minimum absolute atomic E-state index is 0.0396. The highest BCUT2D eigenvalue weighted by molar-refractivity contribution is 8.00. The van der Waals surface area contributed by atoms with Crippen molar-refractivity contribution >= 4 is 23.6 Å². The molecular weight excluding hydrogens is 226 g/mol. The van der Waals surface area contributed by atoms with Crippen LogP contribution in [0.3, 0.4) is 0 Å². The molecule has 0 aromatic carbocycles. The van der Waals surface area contributed by atoms with E-state index in [-0.39, 0.29) is 11.8 Å². The summed E-state index contributed by atoms with van der Waals surface area (Å²) in [7, 11) is 0. The Kier molecular flexibility index (Phi) is 5.38. The van der Waals surface area contributed by atoms with Crippen molar-refractivity contribution in [3.8, 4) is 0 Å². The van der Waals surface area contributed by atoms with Crippen molar-refractivity contribution in [3.05, 3.63) is 12.7 Å². The predicted molar refractivity (Wildman–Crippen MR) is 64.5 cm³/mol. The Morgan fingerprint density at radius 2 is 2.31 bits per heavy atom. The number of carbonyl (C=O) groups excluding carboxylic acids is 1. The van der Waals surface area contributed by atoms with Crippen LogP contribution in [-0.2, 0) is 9.59 Å². The summed E-state index contributed by atoms with van der Waals surface area (Å²) in [5.41, 5.74) is 0. The molecule has 16 heavy (non-hydrogen) atoms. The fourth-order valence-electron chi connectivity index (χ4n) is 1.73. The number of nitrogens with zero attached hydrogens (tertiary/aromatic N) is 1. The third-order valence-corrected chi connectivity index (χ3v) is 3.51. The SMILES string of the molecule is C=CCSCC(=O)N1CCC[C@H](C(=O)O)C1. The van der Waals surface area contributed by atoms with Crippen molar-refractivity contribution in [1.82, 2.24) is 4.90 Å². The molecule has 1 N–H and O–H groups in total. The standard InChI is InChI=1S/C11H17NO3S/c1-2-6-16-8-10(13)12-5-3-4-9(7-12)11(14)15/h2,9H,1,3-8H2,(H,14,15)/t9-/m0/s1. The van der Waals surface area contributed by atoms with Crippen LogP contribution in [0.5, 0.6) is 0 Å². The number of carboxylic acid groups (broad SMARTS) is 1. The lowest BCUT2D eigenvalue weighted by Crippen LogP contribution is -2.43. The first-order valence-electron chi connectivity index (χ1n) is 5.34. The zero-order valence-electron chi connectivity index (χ0n) is 9.22. The average molecular weight is 243 g/mol. The van der Waals surface area contributed by atoms with Crippen molar-refractivity contribution in [2.45, 2.75) is 12.8 Å². The lowest BCUT2D eigenvalue weighted by Gasteiger charge is -2.30. The number of rotatable bonds is 5. The molecule has 1 atom stereocenters. The topological polar surface area (TPSA) is 57.6 Å². The maximum Gasteiger partial charge on any atom is 0.308 e. The molecule has 0 aromatic heterocycles. The molecule has 1 amide bonds. The van der Waals surface area contributed by atoms with Gasteiger partial charge in [-0.05, 0) is 12.8 Å². The van der Waals surface area contributed by atoms with E-state index in [9.17, 15) is 9.59 Å². The summed E-state index contributed by atoms with van der Waals surface area (Å²) in [6.45, 7) is 4.64. The van der Waals surface area contributed by atoms with E-state index in [1.807, 2.05) is 0 Å². The number of likely N-dealkylation sites (tertiary alicyclic amines) is 1. The van der Waals surface area contributed by atoms with Crippen molar-refractivity contribution in [2.24, 2.45) is 5.92 Å². The molecule has 90 valence electrons. The molecule has 1 fully saturated rings. The normalized spacial score (nSPS) is 20.5. The van der Waals surface area contributed by atoms with Gasteiger partial charge in [-0.15, -0.1) is 18.3 Å². The lowest BCUT2D eigenvalue weighted by molar-refractivity contribution is -0.145. The van der Waals surface area contributed by atoms with Gasteiger partial charge in [0.05, 0.1) is 11.7 Å². The Balaban J connectivity index is 2.37. The molecule has 0 aromatic rings. The van der Waals surface area contributed by atoms with Gasteiger partial charge >= 0.3 is 5.97 Å². The third-order valence-electron chi connectivity index (χ3n) is 2.58. The molecule has 1 saturated heterocycles. The molecule has 5 heteroatoms. The second kappa shape index (κ2) is 6.58. The van der Waals surface area contributed by atoms with Crippen LogP contribution in [0.4, 0.5) is 0 Å². The smallest absolute Gasteiger partial charge is 0.308 e. The quantitative estimate of drug-likeness (QED) is 0.583. The highest BCUT2D eigenvalue weighted by atomic mass is 32.2. The predicted octanol–water partition coefficient (Wildman–Crippen LogP) is 1.23. The number of aliphatic carboxylic acids is 1. The van der Waals surface area contributed by atoms with Gasteiger partial charge in [0.15, 0.2) is 0 Å². The lowest BCUT2D eigenvalue weighted by atomic mass is 9.98. The van der Waals surface area contributed by atoms with Crippen molar-refractivity contribution in [3.63, 3.8) is 0 Å². The summed E-state index contributed by atoms with van der Waals surface area (Å²) in [5, 5.41) is 8.90. The van der Waals surface area contributed by atoms with Crippen molar-refractivity contribution in [2.75, 3.05) is 24.6 Å². The molecule has 0 bridgehead atoms. The summed E-state index contributed by atoms with van der Waals surface area (Å²) in [5.74, 6) is 0.0245. The van der Waals surface area contributed by atoms with Gasteiger partial charge in [0.25, 0.3) is 0 Å². The highest BCUT2D eigenvalue weighted by Crippen LogP contribution is 2.17. The number of hydrogen-bond acceptors (Lipinski definition) is 3. The summed E-state index contributed by atoms with van der Waals surface area (Å²) in [4.78, 5) is 24.2. The molecule has 0 spiro atoms. The second-order valence-electron chi connectivity index (χ2n) is 3.82. The van der Waals surface area contributed by atoms with Crippen molar-refractivity contribution in [1.29, 1.82) is 0 Å². The zero-order chi connectivity index (χ0) is 12.0. The fourth-order valence-corrected chi connectivity index (χ4v) is 2.37. The van der Waals surface area contributed by atoms with Crippen LogP contribution in [0.2, 0.25) is 0 Å². The zero-order valence-corrected chi connectivity index (χ0v) is 10.0. The second-order valence-corrected chi connectivity index (χ2v) is 4.85. The van der Waals surface area contributed by atoms with Gasteiger partial charge in [0.2, 0.25) is 5.91 Å². The maximum atomic E-state index is 11.7. The average Bonchev–Trinajstić information content (AvgIpc) is 2.29. The van der Waals surface area contributed by atoms with Crippen LogP contribution in [0.1, 0.15) is 12.8 Å². The molecule has 0 aliphatic carbocycles. The van der Waals surface area contributed by atoms with Crippen molar-refractivity contribution < 1.29 is 14.7 Å². The van der Waals surface area contributed by atoms with Crippen LogP contribution in [0, 0.1) is 5.92 Å². The summed E-state index contributed by atoms with van der Waals surface area (Å²) in [6, 6.07) is 0. The number of carbonyl (C=O) groups is 2. The number of thioether (sulfide) groups is 1. The third kappa shape index (κ3) is 3.89.